The van der Waals surface area contributed by atoms with Crippen LogP contribution < -0.4 is 11.1 Å². The SMILES string of the molecule is CC#CC#CC#CC#CC#CC#CC#CC#CC#CC#CC(=O)N[C@@H](CO[C@H]1OC(CSCC(N)=O)[C@H](O)C(O)[C@@H]1O)[C@H](O)[C@H](O)CCCCCCCCCCCCCC. The monoisotopic (exact) mass is 834 g/mol. The third-order valence-corrected chi connectivity index (χ3v) is 9.53. The number of nitrogens with two attached hydrogens (primary N) is 1. The maximum absolute atomic E-state index is 12.8. The molecule has 1 saturated heterocycles. The van der Waals surface area contributed by atoms with Crippen molar-refractivity contribution in [3.05, 3.63) is 0 Å². The first kappa shape index (κ1) is 52.6. The average molecular weight is 835 g/mol. The minimum absolute atomic E-state index is 0.0475. The second-order valence-corrected chi connectivity index (χ2v) is 14.3. The fourth-order valence-electron chi connectivity index (χ4n) is 5.38. The maximum Gasteiger partial charge on any atom is 0.297 e. The van der Waals surface area contributed by atoms with E-state index in [0.717, 1.165) is 37.4 Å². The zero-order chi connectivity index (χ0) is 44.1. The topological polar surface area (TPSA) is 192 Å². The molecule has 1 heterocycles. The first-order valence-electron chi connectivity index (χ1n) is 19.9. The number of thioether (sulfide) groups is 1. The molecule has 8 atom stereocenters. The lowest BCUT2D eigenvalue weighted by Crippen LogP contribution is -2.60. The van der Waals surface area contributed by atoms with Gasteiger partial charge in [0.05, 0.1) is 30.6 Å². The van der Waals surface area contributed by atoms with E-state index in [-0.39, 0.29) is 17.9 Å². The van der Waals surface area contributed by atoms with Crippen molar-refractivity contribution in [3.63, 3.8) is 0 Å². The summed E-state index contributed by atoms with van der Waals surface area (Å²) in [5.74, 6) is 47.9. The third kappa shape index (κ3) is 26.6. The molecule has 0 aromatic carbocycles. The van der Waals surface area contributed by atoms with Crippen LogP contribution in [0.3, 0.4) is 0 Å². The fourth-order valence-corrected chi connectivity index (χ4v) is 6.21. The molecule has 8 N–H and O–H groups in total. The first-order valence-corrected chi connectivity index (χ1v) is 21.0. The maximum atomic E-state index is 12.8. The smallest absolute Gasteiger partial charge is 0.297 e. The van der Waals surface area contributed by atoms with Crippen molar-refractivity contribution in [2.45, 2.75) is 146 Å². The summed E-state index contributed by atoms with van der Waals surface area (Å²) in [7, 11) is 0. The molecule has 1 aliphatic rings. The molecule has 1 fully saturated rings. The molecule has 12 heteroatoms. The van der Waals surface area contributed by atoms with Gasteiger partial charge < -0.3 is 46.1 Å². The summed E-state index contributed by atoms with van der Waals surface area (Å²) in [6.45, 7) is 3.40. The van der Waals surface area contributed by atoms with Gasteiger partial charge in [-0.25, -0.2) is 0 Å². The summed E-state index contributed by atoms with van der Waals surface area (Å²) in [6.07, 6.45) is 3.79. The Kier molecular flexibility index (Phi) is 31.2. The van der Waals surface area contributed by atoms with Crippen molar-refractivity contribution >= 4 is 23.6 Å². The Morgan fingerprint density at radius 3 is 1.58 bits per heavy atom. The van der Waals surface area contributed by atoms with Gasteiger partial charge in [0, 0.05) is 23.5 Å². The summed E-state index contributed by atoms with van der Waals surface area (Å²) < 4.78 is 11.4. The Bertz CT molecular complexity index is 2000. The number of carbonyl (C=O) groups is 2. The average Bonchev–Trinajstić information content (AvgIpc) is 3.23. The van der Waals surface area contributed by atoms with Crippen LogP contribution in [-0.4, -0.2) is 104 Å². The number of nitrogens with one attached hydrogen (secondary N) is 1. The lowest BCUT2D eigenvalue weighted by atomic mass is 9.98. The Hall–Kier alpha value is -5.39. The molecule has 0 radical (unpaired) electrons. The highest BCUT2D eigenvalue weighted by Crippen LogP contribution is 2.25. The van der Waals surface area contributed by atoms with Gasteiger partial charge in [0.25, 0.3) is 5.91 Å². The van der Waals surface area contributed by atoms with Crippen LogP contribution in [0.4, 0.5) is 0 Å². The number of primary amides is 1. The second-order valence-electron chi connectivity index (χ2n) is 13.3. The third-order valence-electron chi connectivity index (χ3n) is 8.47. The largest absolute Gasteiger partial charge is 0.390 e. The van der Waals surface area contributed by atoms with Crippen molar-refractivity contribution in [1.82, 2.24) is 5.32 Å². The van der Waals surface area contributed by atoms with Crippen molar-refractivity contribution in [2.75, 3.05) is 18.1 Å². The van der Waals surface area contributed by atoms with Crippen LogP contribution in [0.1, 0.15) is 97.3 Å². The zero-order valence-electron chi connectivity index (χ0n) is 34.3. The highest BCUT2D eigenvalue weighted by atomic mass is 32.2. The van der Waals surface area contributed by atoms with E-state index >= 15 is 0 Å². The van der Waals surface area contributed by atoms with E-state index in [4.69, 9.17) is 15.2 Å². The van der Waals surface area contributed by atoms with Crippen LogP contribution in [-0.2, 0) is 19.1 Å². The number of aliphatic hydroxyl groups excluding tert-OH is 5. The summed E-state index contributed by atoms with van der Waals surface area (Å²) in [5, 5.41) is 55.9. The van der Waals surface area contributed by atoms with E-state index in [1.54, 1.807) is 6.92 Å². The van der Waals surface area contributed by atoms with Crippen LogP contribution in [0.25, 0.3) is 0 Å². The quantitative estimate of drug-likeness (QED) is 0.0585. The van der Waals surface area contributed by atoms with Crippen LogP contribution in [0, 0.1) is 118 Å². The predicted octanol–water partition coefficient (Wildman–Crippen LogP) is 1.38. The molecule has 1 aliphatic heterocycles. The van der Waals surface area contributed by atoms with E-state index in [1.807, 2.05) is 0 Å². The van der Waals surface area contributed by atoms with E-state index in [9.17, 15) is 35.1 Å². The molecule has 0 bridgehead atoms. The molecule has 0 aromatic heterocycles. The molecule has 11 nitrogen and oxygen atoms in total. The molecule has 60 heavy (non-hydrogen) atoms. The number of aliphatic hydroxyl groups is 5. The summed E-state index contributed by atoms with van der Waals surface area (Å²) in [4.78, 5) is 23.9. The fraction of sp³-hybridized carbons (Fsp3) is 0.542. The molecule has 0 aromatic rings. The summed E-state index contributed by atoms with van der Waals surface area (Å²) >= 11 is 1.06. The molecular formula is C48H54N2O9S. The molecule has 1 rings (SSSR count). The predicted molar refractivity (Wildman–Crippen MR) is 232 cm³/mol. The highest BCUT2D eigenvalue weighted by Gasteiger charge is 2.44. The van der Waals surface area contributed by atoms with Gasteiger partial charge in [0.2, 0.25) is 5.91 Å². The number of unbranched alkanes of at least 4 members (excludes halogenated alkanes) is 11. The van der Waals surface area contributed by atoms with Gasteiger partial charge in [0.15, 0.2) is 6.29 Å². The van der Waals surface area contributed by atoms with Crippen molar-refractivity contribution in [1.29, 1.82) is 0 Å². The standard InChI is InChI=1S/C48H54N2O9S/c1-3-5-7-9-11-13-15-17-18-19-20-21-22-23-25-27-29-31-33-35-43(53)50-39(36-58-48-47(57)46(56)45(55)41(59-48)37-60-38-42(49)52)44(54)40(51)34-32-30-28-26-24-16-14-12-10-8-6-4-2/h39-41,44-48,51,54-57H,4,6,8,10,12,14,16,24,26,28,30,32,34,36-38H2,1-2H3,(H2,49,52)(H,50,53)/t39-,40+,41?,44-,45-,46?,47-,48-/m0/s1. The van der Waals surface area contributed by atoms with Gasteiger partial charge >= 0.3 is 0 Å². The van der Waals surface area contributed by atoms with Crippen LogP contribution >= 0.6 is 11.8 Å². The van der Waals surface area contributed by atoms with Crippen molar-refractivity contribution in [3.8, 4) is 118 Å². The molecule has 0 aliphatic carbocycles. The molecular weight excluding hydrogens is 781 g/mol. The number of carbonyl (C=O) groups excluding carboxylic acids is 2. The Morgan fingerprint density at radius 1 is 0.667 bits per heavy atom. The number of hydrogen-bond donors (Lipinski definition) is 7. The highest BCUT2D eigenvalue weighted by molar-refractivity contribution is 7.99. The van der Waals surface area contributed by atoms with Gasteiger partial charge in [-0.05, 0) is 108 Å². The number of ether oxygens (including phenoxy) is 2. The summed E-state index contributed by atoms with van der Waals surface area (Å²) in [6, 6.07) is -1.23. The Morgan fingerprint density at radius 2 is 1.12 bits per heavy atom. The second kappa shape index (κ2) is 35.5. The molecule has 316 valence electrons. The van der Waals surface area contributed by atoms with Gasteiger partial charge in [-0.1, -0.05) is 89.9 Å². The minimum atomic E-state index is -1.69. The van der Waals surface area contributed by atoms with Crippen molar-refractivity contribution in [2.24, 2.45) is 5.73 Å². The molecule has 0 spiro atoms. The Labute approximate surface area is 360 Å². The molecule has 0 saturated carbocycles. The van der Waals surface area contributed by atoms with E-state index in [2.05, 4.69) is 131 Å². The zero-order valence-corrected chi connectivity index (χ0v) is 35.1. The summed E-state index contributed by atoms with van der Waals surface area (Å²) in [5.41, 5.74) is 5.18. The number of hydrogen-bond acceptors (Lipinski definition) is 10. The van der Waals surface area contributed by atoms with E-state index < -0.39 is 67.4 Å². The minimum Gasteiger partial charge on any atom is -0.390 e. The normalized spacial score (nSPS) is 18.2. The van der Waals surface area contributed by atoms with Crippen molar-refractivity contribution < 1.29 is 44.6 Å². The van der Waals surface area contributed by atoms with Gasteiger partial charge in [-0.2, -0.15) is 0 Å². The van der Waals surface area contributed by atoms with E-state index in [1.165, 1.54) is 44.9 Å². The first-order chi connectivity index (χ1) is 29.1. The lowest BCUT2D eigenvalue weighted by Gasteiger charge is -2.40. The van der Waals surface area contributed by atoms with Crippen LogP contribution in [0.2, 0.25) is 0 Å². The van der Waals surface area contributed by atoms with Gasteiger partial charge in [-0.3, -0.25) is 9.59 Å². The van der Waals surface area contributed by atoms with E-state index in [0.29, 0.717) is 6.42 Å². The number of rotatable bonds is 23. The van der Waals surface area contributed by atoms with Crippen LogP contribution in [0.15, 0.2) is 0 Å². The lowest BCUT2D eigenvalue weighted by molar-refractivity contribution is -0.294. The molecule has 2 unspecified atom stereocenters. The Balaban J connectivity index is 2.85. The van der Waals surface area contributed by atoms with Crippen LogP contribution in [0.5, 0.6) is 0 Å². The number of amides is 2. The molecule has 2 amide bonds. The van der Waals surface area contributed by atoms with Gasteiger partial charge in [-0.15, -0.1) is 11.8 Å². The van der Waals surface area contributed by atoms with Gasteiger partial charge in [0.1, 0.15) is 24.4 Å².